The maximum Gasteiger partial charge on any atom is 0.113 e. The van der Waals surface area contributed by atoms with Crippen LogP contribution in [0.4, 0.5) is 0 Å². The van der Waals surface area contributed by atoms with E-state index in [1.165, 1.54) is 5.56 Å². The van der Waals surface area contributed by atoms with Crippen LogP contribution in [0, 0.1) is 0 Å². The Labute approximate surface area is 115 Å². The van der Waals surface area contributed by atoms with Gasteiger partial charge in [0, 0.05) is 17.0 Å². The van der Waals surface area contributed by atoms with Crippen LogP contribution in [-0.4, -0.2) is 11.1 Å². The van der Waals surface area contributed by atoms with E-state index in [9.17, 15) is 0 Å². The molecule has 0 fully saturated rings. The Morgan fingerprint density at radius 3 is 2.59 bits per heavy atom. The van der Waals surface area contributed by atoms with E-state index < -0.39 is 0 Å². The highest BCUT2D eigenvalue weighted by molar-refractivity contribution is 9.09. The lowest BCUT2D eigenvalue weighted by molar-refractivity contribution is 0.530. The number of hydrogen-bond acceptors (Lipinski definition) is 2. The number of thioether (sulfide) groups is 1. The number of benzene rings is 1. The van der Waals surface area contributed by atoms with Crippen LogP contribution < -0.4 is 0 Å². The summed E-state index contributed by atoms with van der Waals surface area (Å²) in [6.07, 6.45) is 1.73. The van der Waals surface area contributed by atoms with E-state index in [1.807, 2.05) is 23.9 Å². The largest absolute Gasteiger partial charge is 0.468 e. The molecule has 0 aliphatic rings. The third kappa shape index (κ3) is 3.93. The first-order valence-electron chi connectivity index (χ1n) is 5.61. The third-order valence-electron chi connectivity index (χ3n) is 2.60. The van der Waals surface area contributed by atoms with Gasteiger partial charge in [0.15, 0.2) is 0 Å². The zero-order valence-electron chi connectivity index (χ0n) is 9.51. The zero-order valence-corrected chi connectivity index (χ0v) is 11.9. The summed E-state index contributed by atoms with van der Waals surface area (Å²) in [5, 5.41) is 1.00. The molecule has 1 aromatic carbocycles. The van der Waals surface area contributed by atoms with Crippen molar-refractivity contribution in [3.8, 4) is 0 Å². The van der Waals surface area contributed by atoms with Crippen molar-refractivity contribution in [3.05, 3.63) is 60.1 Å². The molecule has 0 saturated heterocycles. The molecule has 2 aromatic rings. The van der Waals surface area contributed by atoms with Gasteiger partial charge in [-0.25, -0.2) is 0 Å². The van der Waals surface area contributed by atoms with E-state index in [1.54, 1.807) is 6.26 Å². The van der Waals surface area contributed by atoms with Gasteiger partial charge in [0.25, 0.3) is 0 Å². The van der Waals surface area contributed by atoms with Gasteiger partial charge in [-0.3, -0.25) is 0 Å². The Balaban J connectivity index is 1.84. The Hall–Kier alpha value is -0.670. The summed E-state index contributed by atoms with van der Waals surface area (Å²) < 4.78 is 5.32. The van der Waals surface area contributed by atoms with Gasteiger partial charge in [0.2, 0.25) is 0 Å². The molecule has 0 radical (unpaired) electrons. The van der Waals surface area contributed by atoms with E-state index in [0.29, 0.717) is 5.92 Å². The van der Waals surface area contributed by atoms with Crippen molar-refractivity contribution in [2.75, 3.05) is 11.1 Å². The Morgan fingerprint density at radius 1 is 1.12 bits per heavy atom. The smallest absolute Gasteiger partial charge is 0.113 e. The highest BCUT2D eigenvalue weighted by Gasteiger charge is 2.10. The fourth-order valence-electron chi connectivity index (χ4n) is 1.65. The fourth-order valence-corrected chi connectivity index (χ4v) is 3.64. The highest BCUT2D eigenvalue weighted by Crippen LogP contribution is 2.24. The Bertz CT molecular complexity index is 413. The summed E-state index contributed by atoms with van der Waals surface area (Å²) >= 11 is 5.51. The lowest BCUT2D eigenvalue weighted by atomic mass is 10.0. The molecule has 0 aliphatic carbocycles. The van der Waals surface area contributed by atoms with E-state index in [4.69, 9.17) is 4.42 Å². The average molecular weight is 311 g/mol. The predicted octanol–water partition coefficient (Wildman–Crippen LogP) is 4.69. The first-order valence-corrected chi connectivity index (χ1v) is 7.89. The van der Waals surface area contributed by atoms with E-state index in [0.717, 1.165) is 22.6 Å². The van der Waals surface area contributed by atoms with Crippen LogP contribution in [0.5, 0.6) is 0 Å². The first-order chi connectivity index (χ1) is 8.40. The lowest BCUT2D eigenvalue weighted by Gasteiger charge is -2.13. The summed E-state index contributed by atoms with van der Waals surface area (Å²) in [5.41, 5.74) is 1.40. The second kappa shape index (κ2) is 6.92. The molecule has 0 saturated carbocycles. The summed E-state index contributed by atoms with van der Waals surface area (Å²) in [5.74, 6) is 3.67. The molecule has 17 heavy (non-hydrogen) atoms. The third-order valence-corrected chi connectivity index (χ3v) is 4.51. The van der Waals surface area contributed by atoms with Crippen molar-refractivity contribution in [1.29, 1.82) is 0 Å². The van der Waals surface area contributed by atoms with Crippen molar-refractivity contribution in [1.82, 2.24) is 0 Å². The molecular formula is C14H15BrOS. The number of furan rings is 1. The van der Waals surface area contributed by atoms with Crippen LogP contribution in [0.15, 0.2) is 53.1 Å². The number of hydrogen-bond donors (Lipinski definition) is 0. The maximum absolute atomic E-state index is 5.32. The number of rotatable bonds is 6. The van der Waals surface area contributed by atoms with E-state index in [2.05, 4.69) is 46.3 Å². The van der Waals surface area contributed by atoms with Gasteiger partial charge in [-0.05, 0) is 17.7 Å². The molecule has 1 unspecified atom stereocenters. The summed E-state index contributed by atoms with van der Waals surface area (Å²) in [6, 6.07) is 14.6. The van der Waals surface area contributed by atoms with Gasteiger partial charge in [0.1, 0.15) is 5.76 Å². The molecule has 3 heteroatoms. The molecule has 1 aromatic heterocycles. The quantitative estimate of drug-likeness (QED) is 0.718. The number of halogens is 1. The normalized spacial score (nSPS) is 12.5. The molecule has 1 heterocycles. The fraction of sp³-hybridized carbons (Fsp3) is 0.286. The monoisotopic (exact) mass is 310 g/mol. The van der Waals surface area contributed by atoms with Crippen LogP contribution in [0.3, 0.4) is 0 Å². The van der Waals surface area contributed by atoms with Gasteiger partial charge in [-0.2, -0.15) is 11.8 Å². The lowest BCUT2D eigenvalue weighted by Crippen LogP contribution is -2.03. The molecule has 0 spiro atoms. The van der Waals surface area contributed by atoms with E-state index in [-0.39, 0.29) is 0 Å². The van der Waals surface area contributed by atoms with Crippen LogP contribution >= 0.6 is 27.7 Å². The van der Waals surface area contributed by atoms with Gasteiger partial charge in [-0.15, -0.1) is 0 Å². The SMILES string of the molecule is BrCC(CSCc1ccco1)c1ccccc1. The minimum Gasteiger partial charge on any atom is -0.468 e. The predicted molar refractivity (Wildman–Crippen MR) is 77.8 cm³/mol. The molecule has 0 amide bonds. The van der Waals surface area contributed by atoms with Gasteiger partial charge < -0.3 is 4.42 Å². The minimum atomic E-state index is 0.566. The van der Waals surface area contributed by atoms with Crippen molar-refractivity contribution >= 4 is 27.7 Å². The molecular weight excluding hydrogens is 296 g/mol. The summed E-state index contributed by atoms with van der Waals surface area (Å²) in [7, 11) is 0. The molecule has 90 valence electrons. The molecule has 0 aliphatic heterocycles. The maximum atomic E-state index is 5.32. The molecule has 0 bridgehead atoms. The first kappa shape index (κ1) is 12.8. The van der Waals surface area contributed by atoms with Crippen molar-refractivity contribution in [3.63, 3.8) is 0 Å². The minimum absolute atomic E-state index is 0.566. The van der Waals surface area contributed by atoms with Gasteiger partial charge >= 0.3 is 0 Å². The van der Waals surface area contributed by atoms with Crippen LogP contribution in [0.1, 0.15) is 17.2 Å². The average Bonchev–Trinajstić information content (AvgIpc) is 2.89. The van der Waals surface area contributed by atoms with Crippen molar-refractivity contribution in [2.24, 2.45) is 0 Å². The Kier molecular flexibility index (Phi) is 5.20. The van der Waals surface area contributed by atoms with E-state index >= 15 is 0 Å². The second-order valence-corrected chi connectivity index (χ2v) is 5.53. The molecule has 1 nitrogen and oxygen atoms in total. The topological polar surface area (TPSA) is 13.1 Å². The highest BCUT2D eigenvalue weighted by atomic mass is 79.9. The molecule has 0 N–H and O–H groups in total. The standard InChI is InChI=1S/C14H15BrOS/c15-9-13(12-5-2-1-3-6-12)10-17-11-14-7-4-8-16-14/h1-8,13H,9-11H2. The Morgan fingerprint density at radius 2 is 1.94 bits per heavy atom. The van der Waals surface area contributed by atoms with Crippen LogP contribution in [0.25, 0.3) is 0 Å². The van der Waals surface area contributed by atoms with Gasteiger partial charge in [0.05, 0.1) is 12.0 Å². The van der Waals surface area contributed by atoms with Crippen molar-refractivity contribution in [2.45, 2.75) is 11.7 Å². The molecule has 2 rings (SSSR count). The summed E-state index contributed by atoms with van der Waals surface area (Å²) in [6.45, 7) is 0. The van der Waals surface area contributed by atoms with Crippen LogP contribution in [0.2, 0.25) is 0 Å². The van der Waals surface area contributed by atoms with Crippen LogP contribution in [-0.2, 0) is 5.75 Å². The number of alkyl halides is 1. The van der Waals surface area contributed by atoms with Crippen molar-refractivity contribution < 1.29 is 4.42 Å². The van der Waals surface area contributed by atoms with Gasteiger partial charge in [-0.1, -0.05) is 46.3 Å². The molecule has 1 atom stereocenters. The second-order valence-electron chi connectivity index (χ2n) is 3.86. The zero-order chi connectivity index (χ0) is 11.9. The summed E-state index contributed by atoms with van der Waals surface area (Å²) in [4.78, 5) is 0.